The van der Waals surface area contributed by atoms with Crippen molar-refractivity contribution >= 4 is 45.5 Å². The number of anilines is 1. The molecule has 37 heavy (non-hydrogen) atoms. The number of thiophene rings is 1. The van der Waals surface area contributed by atoms with Crippen LogP contribution >= 0.6 is 22.7 Å². The van der Waals surface area contributed by atoms with Crippen LogP contribution in [0.5, 0.6) is 0 Å². The lowest BCUT2D eigenvalue weighted by Gasteiger charge is -2.25. The Hall–Kier alpha value is -4.17. The first-order valence-electron chi connectivity index (χ1n) is 11.5. The minimum atomic E-state index is -0.500. The van der Waals surface area contributed by atoms with Crippen LogP contribution in [0, 0.1) is 21.4 Å². The Morgan fingerprint density at radius 3 is 2.65 bits per heavy atom. The Morgan fingerprint density at radius 1 is 1.14 bits per heavy atom. The number of carbonyl (C=O) groups is 1. The van der Waals surface area contributed by atoms with Crippen molar-refractivity contribution in [3.05, 3.63) is 103 Å². The van der Waals surface area contributed by atoms with E-state index in [1.165, 1.54) is 40.4 Å². The van der Waals surface area contributed by atoms with Crippen LogP contribution in [0.4, 0.5) is 10.8 Å². The van der Waals surface area contributed by atoms with Crippen LogP contribution in [-0.4, -0.2) is 27.3 Å². The highest BCUT2D eigenvalue weighted by atomic mass is 32.1. The number of hydrogen-bond donors (Lipinski definition) is 1. The van der Waals surface area contributed by atoms with Gasteiger partial charge in [0.25, 0.3) is 11.6 Å². The summed E-state index contributed by atoms with van der Waals surface area (Å²) in [4.78, 5) is 33.0. The van der Waals surface area contributed by atoms with E-state index >= 15 is 0 Å². The van der Waals surface area contributed by atoms with Crippen LogP contribution in [0.25, 0.3) is 16.5 Å². The van der Waals surface area contributed by atoms with E-state index in [9.17, 15) is 20.2 Å². The minimum absolute atomic E-state index is 0.0176. The van der Waals surface area contributed by atoms with Gasteiger partial charge in [-0.3, -0.25) is 25.1 Å². The molecule has 2 aromatic heterocycles. The summed E-state index contributed by atoms with van der Waals surface area (Å²) in [6.07, 6.45) is 2.36. The van der Waals surface area contributed by atoms with Crippen LogP contribution in [0.15, 0.2) is 72.3 Å². The molecule has 10 heteroatoms. The Labute approximate surface area is 221 Å². The van der Waals surface area contributed by atoms with Gasteiger partial charge in [-0.05, 0) is 41.5 Å². The Kier molecular flexibility index (Phi) is 7.18. The van der Waals surface area contributed by atoms with E-state index in [-0.39, 0.29) is 11.3 Å². The Morgan fingerprint density at radius 2 is 1.92 bits per heavy atom. The monoisotopic (exact) mass is 527 g/mol. The van der Waals surface area contributed by atoms with Crippen LogP contribution in [-0.2, 0) is 24.3 Å². The molecule has 0 fully saturated rings. The number of carbonyl (C=O) groups excluding carboxylic acids is 1. The molecule has 0 radical (unpaired) electrons. The first-order chi connectivity index (χ1) is 18.0. The van der Waals surface area contributed by atoms with E-state index in [2.05, 4.69) is 27.3 Å². The van der Waals surface area contributed by atoms with E-state index in [4.69, 9.17) is 0 Å². The van der Waals surface area contributed by atoms with E-state index in [1.54, 1.807) is 18.2 Å². The summed E-state index contributed by atoms with van der Waals surface area (Å²) in [5, 5.41) is 23.8. The van der Waals surface area contributed by atoms with Crippen molar-refractivity contribution < 1.29 is 9.72 Å². The number of nitro groups is 1. The van der Waals surface area contributed by atoms with Gasteiger partial charge in [0.2, 0.25) is 0 Å². The van der Waals surface area contributed by atoms with Gasteiger partial charge in [-0.15, -0.1) is 22.7 Å². The second-order valence-electron chi connectivity index (χ2n) is 8.47. The number of amides is 1. The van der Waals surface area contributed by atoms with E-state index < -0.39 is 10.8 Å². The average molecular weight is 528 g/mol. The van der Waals surface area contributed by atoms with E-state index in [1.807, 2.05) is 36.4 Å². The number of thiazole rings is 1. The average Bonchev–Trinajstić information content (AvgIpc) is 3.54. The molecule has 1 aliphatic rings. The van der Waals surface area contributed by atoms with Crippen molar-refractivity contribution in [2.45, 2.75) is 19.5 Å². The number of aromatic nitrogens is 1. The second-order valence-corrected chi connectivity index (χ2v) is 10.7. The zero-order valence-electron chi connectivity index (χ0n) is 19.6. The number of benzene rings is 2. The maximum atomic E-state index is 12.8. The fourth-order valence-electron chi connectivity index (χ4n) is 4.07. The molecule has 0 saturated heterocycles. The first-order valence-corrected chi connectivity index (χ1v) is 13.1. The SMILES string of the molecule is N#C/C(=C/c1ccc(-c2ccc([N+](=O)[O-])cc2)s1)C(=O)Nc1nc2c(s1)CN(Cc1ccccc1)CC2. The van der Waals surface area contributed by atoms with Gasteiger partial charge >= 0.3 is 0 Å². The smallest absolute Gasteiger partial charge is 0.269 e. The Bertz CT molecular complexity index is 1520. The predicted octanol–water partition coefficient (Wildman–Crippen LogP) is 5.88. The van der Waals surface area contributed by atoms with Crippen LogP contribution in [0.2, 0.25) is 0 Å². The molecule has 1 amide bonds. The standard InChI is InChI=1S/C27H21N5O3S2/c28-15-20(14-22-10-11-24(36-22)19-6-8-21(9-7-19)32(34)35)26(33)30-27-29-23-12-13-31(17-25(23)37-27)16-18-4-2-1-3-5-18/h1-11,14H,12-13,16-17H2,(H,29,30,33)/b20-14-. The summed E-state index contributed by atoms with van der Waals surface area (Å²) in [5.41, 5.74) is 3.09. The van der Waals surface area contributed by atoms with Gasteiger partial charge in [0.1, 0.15) is 11.6 Å². The van der Waals surface area contributed by atoms with Gasteiger partial charge in [0.05, 0.1) is 10.6 Å². The summed E-state index contributed by atoms with van der Waals surface area (Å²) in [5.74, 6) is -0.500. The fraction of sp³-hybridized carbons (Fsp3) is 0.148. The predicted molar refractivity (Wildman–Crippen MR) is 145 cm³/mol. The molecule has 8 nitrogen and oxygen atoms in total. The number of non-ortho nitro benzene ring substituents is 1. The molecule has 1 N–H and O–H groups in total. The van der Waals surface area contributed by atoms with Gasteiger partial charge in [-0.2, -0.15) is 5.26 Å². The van der Waals surface area contributed by atoms with Crippen molar-refractivity contribution in [1.82, 2.24) is 9.88 Å². The summed E-state index contributed by atoms with van der Waals surface area (Å²) in [7, 11) is 0. The lowest BCUT2D eigenvalue weighted by molar-refractivity contribution is -0.384. The van der Waals surface area contributed by atoms with Crippen molar-refractivity contribution in [2.24, 2.45) is 0 Å². The van der Waals surface area contributed by atoms with Gasteiger partial charge in [-0.1, -0.05) is 30.3 Å². The van der Waals surface area contributed by atoms with Crippen molar-refractivity contribution in [3.63, 3.8) is 0 Å². The molecule has 1 aliphatic heterocycles. The zero-order valence-corrected chi connectivity index (χ0v) is 21.2. The van der Waals surface area contributed by atoms with Crippen molar-refractivity contribution in [2.75, 3.05) is 11.9 Å². The molecular weight excluding hydrogens is 506 g/mol. The molecule has 4 aromatic rings. The summed E-state index contributed by atoms with van der Waals surface area (Å²) in [6.45, 7) is 2.54. The lowest BCUT2D eigenvalue weighted by atomic mass is 10.1. The third kappa shape index (κ3) is 5.81. The maximum absolute atomic E-state index is 12.8. The quantitative estimate of drug-likeness (QED) is 0.139. The van der Waals surface area contributed by atoms with Gasteiger partial charge in [0, 0.05) is 52.8 Å². The van der Waals surface area contributed by atoms with Crippen LogP contribution in [0.1, 0.15) is 21.0 Å². The number of nitrogens with one attached hydrogen (secondary N) is 1. The lowest BCUT2D eigenvalue weighted by Crippen LogP contribution is -2.29. The molecule has 0 bridgehead atoms. The topological polar surface area (TPSA) is 112 Å². The first kappa shape index (κ1) is 24.5. The highest BCUT2D eigenvalue weighted by molar-refractivity contribution is 7.16. The molecule has 3 heterocycles. The largest absolute Gasteiger partial charge is 0.297 e. The van der Waals surface area contributed by atoms with Gasteiger partial charge in [0.15, 0.2) is 5.13 Å². The minimum Gasteiger partial charge on any atom is -0.297 e. The third-order valence-corrected chi connectivity index (χ3v) is 8.00. The Balaban J connectivity index is 1.25. The van der Waals surface area contributed by atoms with Crippen molar-refractivity contribution in [3.8, 4) is 16.5 Å². The summed E-state index contributed by atoms with van der Waals surface area (Å²) >= 11 is 2.84. The van der Waals surface area contributed by atoms with Crippen molar-refractivity contribution in [1.29, 1.82) is 5.26 Å². The van der Waals surface area contributed by atoms with E-state index in [0.29, 0.717) is 5.13 Å². The molecular formula is C27H21N5O3S2. The summed E-state index contributed by atoms with van der Waals surface area (Å²) < 4.78 is 0. The number of nitrogens with zero attached hydrogens (tertiary/aromatic N) is 4. The molecule has 0 saturated carbocycles. The third-order valence-electron chi connectivity index (χ3n) is 5.92. The normalized spacial score (nSPS) is 13.5. The molecule has 0 spiro atoms. The van der Waals surface area contributed by atoms with E-state index in [0.717, 1.165) is 51.9 Å². The zero-order chi connectivity index (χ0) is 25.8. The number of rotatable bonds is 7. The molecule has 184 valence electrons. The second kappa shape index (κ2) is 10.8. The maximum Gasteiger partial charge on any atom is 0.269 e. The molecule has 5 rings (SSSR count). The highest BCUT2D eigenvalue weighted by Crippen LogP contribution is 2.32. The highest BCUT2D eigenvalue weighted by Gasteiger charge is 2.22. The number of nitriles is 1. The number of nitro benzene ring substituents is 1. The molecule has 0 atom stereocenters. The molecule has 0 aliphatic carbocycles. The fourth-order valence-corrected chi connectivity index (χ4v) is 6.07. The van der Waals surface area contributed by atoms with Crippen LogP contribution < -0.4 is 5.32 Å². The summed E-state index contributed by atoms with van der Waals surface area (Å²) in [6, 6.07) is 22.3. The van der Waals surface area contributed by atoms with Gasteiger partial charge < -0.3 is 0 Å². The van der Waals surface area contributed by atoms with Crippen LogP contribution in [0.3, 0.4) is 0 Å². The number of hydrogen-bond acceptors (Lipinski definition) is 8. The number of fused-ring (bicyclic) bond motifs is 1. The molecule has 2 aromatic carbocycles. The molecule has 0 unspecified atom stereocenters. The van der Waals surface area contributed by atoms with Gasteiger partial charge in [-0.25, -0.2) is 4.98 Å².